The van der Waals surface area contributed by atoms with Gasteiger partial charge in [0.05, 0.1) is 6.42 Å². The Balaban J connectivity index is 1.30. The minimum atomic E-state index is -0.569. The Morgan fingerprint density at radius 3 is 2.34 bits per heavy atom. The van der Waals surface area contributed by atoms with Crippen LogP contribution in [-0.2, 0) is 22.5 Å². The number of hydrogen-bond acceptors (Lipinski definition) is 6. The Labute approximate surface area is 200 Å². The highest BCUT2D eigenvalue weighted by molar-refractivity contribution is 5.99. The molecule has 0 bridgehead atoms. The number of carbonyl (C=O) groups excluding carboxylic acids is 2. The third-order valence-electron chi connectivity index (χ3n) is 5.61. The normalized spacial score (nSPS) is 11.0. The molecule has 0 atom stereocenters. The van der Waals surface area contributed by atoms with E-state index in [1.54, 1.807) is 18.2 Å². The Kier molecular flexibility index (Phi) is 7.14. The highest BCUT2D eigenvalue weighted by Crippen LogP contribution is 2.19. The van der Waals surface area contributed by atoms with Crippen LogP contribution in [0.2, 0.25) is 0 Å². The molecule has 2 aromatic heterocycles. The van der Waals surface area contributed by atoms with Gasteiger partial charge < -0.3 is 13.8 Å². The maximum absolute atomic E-state index is 13.2. The molecule has 4 aromatic rings. The van der Waals surface area contributed by atoms with Crippen molar-refractivity contribution in [2.45, 2.75) is 33.2 Å². The van der Waals surface area contributed by atoms with E-state index in [9.17, 15) is 18.4 Å². The quantitative estimate of drug-likeness (QED) is 0.252. The van der Waals surface area contributed by atoms with Gasteiger partial charge in [0.1, 0.15) is 11.6 Å². The first-order chi connectivity index (χ1) is 16.8. The van der Waals surface area contributed by atoms with Crippen LogP contribution in [0.3, 0.4) is 0 Å². The van der Waals surface area contributed by atoms with Gasteiger partial charge in [-0.3, -0.25) is 9.59 Å². The molecular formula is C26H23F2N3O4. The first-order valence-electron chi connectivity index (χ1n) is 11.0. The Hall–Kier alpha value is -4.14. The lowest BCUT2D eigenvalue weighted by Crippen LogP contribution is -2.15. The van der Waals surface area contributed by atoms with Crippen molar-refractivity contribution in [3.8, 4) is 11.4 Å². The zero-order chi connectivity index (χ0) is 24.9. The highest BCUT2D eigenvalue weighted by Gasteiger charge is 2.18. The van der Waals surface area contributed by atoms with E-state index >= 15 is 0 Å². The monoisotopic (exact) mass is 479 g/mol. The van der Waals surface area contributed by atoms with E-state index < -0.39 is 5.97 Å². The lowest BCUT2D eigenvalue weighted by Gasteiger charge is -2.10. The van der Waals surface area contributed by atoms with Gasteiger partial charge in [-0.25, -0.2) is 8.78 Å². The van der Waals surface area contributed by atoms with Gasteiger partial charge in [-0.2, -0.15) is 4.98 Å². The Morgan fingerprint density at radius 2 is 1.66 bits per heavy atom. The third-order valence-corrected chi connectivity index (χ3v) is 5.61. The van der Waals surface area contributed by atoms with Crippen molar-refractivity contribution in [2.24, 2.45) is 0 Å². The molecule has 2 heterocycles. The molecule has 35 heavy (non-hydrogen) atoms. The number of benzene rings is 2. The lowest BCUT2D eigenvalue weighted by molar-refractivity contribution is -0.142. The van der Waals surface area contributed by atoms with Crippen LogP contribution < -0.4 is 0 Å². The van der Waals surface area contributed by atoms with Gasteiger partial charge in [-0.05, 0) is 61.9 Å². The zero-order valence-corrected chi connectivity index (χ0v) is 19.3. The average molecular weight is 479 g/mol. The second-order valence-corrected chi connectivity index (χ2v) is 8.10. The fourth-order valence-corrected chi connectivity index (χ4v) is 3.68. The van der Waals surface area contributed by atoms with Crippen LogP contribution in [0.4, 0.5) is 8.78 Å². The number of aryl methyl sites for hydroxylation is 2. The molecule has 0 radical (unpaired) electrons. The number of hydrogen-bond donors (Lipinski definition) is 0. The summed E-state index contributed by atoms with van der Waals surface area (Å²) >= 11 is 0. The van der Waals surface area contributed by atoms with Crippen LogP contribution in [0.15, 0.2) is 59.1 Å². The van der Waals surface area contributed by atoms with Crippen molar-refractivity contribution in [3.05, 3.63) is 94.6 Å². The number of Topliss-reactive ketones (excluding diaryl/α,β-unsaturated/α-hetero) is 1. The number of rotatable bonds is 9. The summed E-state index contributed by atoms with van der Waals surface area (Å²) in [6.07, 6.45) is 0.106. The maximum atomic E-state index is 13.2. The van der Waals surface area contributed by atoms with Gasteiger partial charge in [-0.15, -0.1) is 0 Å². The number of ketones is 1. The molecule has 9 heteroatoms. The van der Waals surface area contributed by atoms with Crippen LogP contribution in [0.25, 0.3) is 11.4 Å². The predicted octanol–water partition coefficient (Wildman–Crippen LogP) is 4.84. The fraction of sp³-hybridized carbons (Fsp3) is 0.231. The van der Waals surface area contributed by atoms with Crippen molar-refractivity contribution in [1.29, 1.82) is 0 Å². The van der Waals surface area contributed by atoms with Crippen LogP contribution >= 0.6 is 0 Å². The van der Waals surface area contributed by atoms with Gasteiger partial charge in [-0.1, -0.05) is 17.3 Å². The van der Waals surface area contributed by atoms with Gasteiger partial charge in [0.15, 0.2) is 6.61 Å². The van der Waals surface area contributed by atoms with Gasteiger partial charge >= 0.3 is 5.97 Å². The standard InChI is InChI=1S/C26H23F2N3O4/c1-16-13-22(17(2)31(16)14-18-3-7-20(27)8-4-18)23(32)15-34-25(33)12-11-24-29-26(30-35-24)19-5-9-21(28)10-6-19/h3-10,13H,11-12,14-15H2,1-2H3. The number of halogens is 2. The van der Waals surface area contributed by atoms with Crippen molar-refractivity contribution in [3.63, 3.8) is 0 Å². The highest BCUT2D eigenvalue weighted by atomic mass is 19.1. The summed E-state index contributed by atoms with van der Waals surface area (Å²) in [7, 11) is 0. The number of esters is 1. The molecule has 0 unspecified atom stereocenters. The van der Waals surface area contributed by atoms with Gasteiger partial charge in [0.25, 0.3) is 0 Å². The molecule has 180 valence electrons. The third kappa shape index (κ3) is 5.87. The van der Waals surface area contributed by atoms with Gasteiger partial charge in [0, 0.05) is 35.5 Å². The average Bonchev–Trinajstić information content (AvgIpc) is 3.43. The molecule has 0 aliphatic rings. The topological polar surface area (TPSA) is 87.2 Å². The summed E-state index contributed by atoms with van der Waals surface area (Å²) in [6, 6.07) is 13.6. The molecule has 0 saturated heterocycles. The number of carbonyl (C=O) groups is 2. The molecule has 0 N–H and O–H groups in total. The maximum Gasteiger partial charge on any atom is 0.306 e. The number of nitrogens with zero attached hydrogens (tertiary/aromatic N) is 3. The summed E-state index contributed by atoms with van der Waals surface area (Å²) in [5, 5.41) is 3.83. The summed E-state index contributed by atoms with van der Waals surface area (Å²) in [4.78, 5) is 29.0. The van der Waals surface area contributed by atoms with Crippen LogP contribution in [0.5, 0.6) is 0 Å². The van der Waals surface area contributed by atoms with Crippen LogP contribution in [0.1, 0.15) is 39.6 Å². The molecule has 0 aliphatic heterocycles. The number of aromatic nitrogens is 3. The van der Waals surface area contributed by atoms with Crippen LogP contribution in [0, 0.1) is 25.5 Å². The van der Waals surface area contributed by atoms with E-state index in [-0.39, 0.29) is 42.8 Å². The Bertz CT molecular complexity index is 1340. The minimum absolute atomic E-state index is 0.0398. The molecule has 0 saturated carbocycles. The first kappa shape index (κ1) is 24.0. The molecule has 0 fully saturated rings. The fourth-order valence-electron chi connectivity index (χ4n) is 3.68. The summed E-state index contributed by atoms with van der Waals surface area (Å²) < 4.78 is 38.4. The van der Waals surface area contributed by atoms with E-state index in [1.165, 1.54) is 36.4 Å². The summed E-state index contributed by atoms with van der Waals surface area (Å²) in [6.45, 7) is 3.81. The van der Waals surface area contributed by atoms with E-state index in [2.05, 4.69) is 10.1 Å². The van der Waals surface area contributed by atoms with Gasteiger partial charge in [0.2, 0.25) is 17.5 Å². The molecule has 0 aliphatic carbocycles. The molecule has 7 nitrogen and oxygen atoms in total. The second kappa shape index (κ2) is 10.4. The molecule has 2 aromatic carbocycles. The van der Waals surface area contributed by atoms with E-state index in [0.717, 1.165) is 17.0 Å². The molecular weight excluding hydrogens is 456 g/mol. The second-order valence-electron chi connectivity index (χ2n) is 8.10. The predicted molar refractivity (Wildman–Crippen MR) is 123 cm³/mol. The lowest BCUT2D eigenvalue weighted by atomic mass is 10.1. The summed E-state index contributed by atoms with van der Waals surface area (Å²) in [5.74, 6) is -1.03. The van der Waals surface area contributed by atoms with E-state index in [4.69, 9.17) is 9.26 Å². The number of ether oxygens (including phenoxy) is 1. The summed E-state index contributed by atoms with van der Waals surface area (Å²) in [5.41, 5.74) is 3.58. The first-order valence-corrected chi connectivity index (χ1v) is 11.0. The van der Waals surface area contributed by atoms with Crippen LogP contribution in [-0.4, -0.2) is 33.1 Å². The molecule has 0 spiro atoms. The minimum Gasteiger partial charge on any atom is -0.457 e. The Morgan fingerprint density at radius 1 is 1.00 bits per heavy atom. The van der Waals surface area contributed by atoms with Crippen molar-refractivity contribution >= 4 is 11.8 Å². The molecule has 4 rings (SSSR count). The van der Waals surface area contributed by atoms with Crippen molar-refractivity contribution < 1.29 is 27.6 Å². The molecule has 0 amide bonds. The SMILES string of the molecule is Cc1cc(C(=O)COC(=O)CCc2nc(-c3ccc(F)cc3)no2)c(C)n1Cc1ccc(F)cc1. The zero-order valence-electron chi connectivity index (χ0n) is 19.3. The smallest absolute Gasteiger partial charge is 0.306 e. The van der Waals surface area contributed by atoms with Crippen molar-refractivity contribution in [1.82, 2.24) is 14.7 Å². The van der Waals surface area contributed by atoms with E-state index in [1.807, 2.05) is 18.4 Å². The van der Waals surface area contributed by atoms with Crippen molar-refractivity contribution in [2.75, 3.05) is 6.61 Å². The largest absolute Gasteiger partial charge is 0.457 e. The van der Waals surface area contributed by atoms with E-state index in [0.29, 0.717) is 23.5 Å².